The third kappa shape index (κ3) is 2.06. The molecule has 66 valence electrons. The maximum Gasteiger partial charge on any atom is 0.320 e. The van der Waals surface area contributed by atoms with Crippen molar-refractivity contribution in [1.82, 2.24) is 5.16 Å². The van der Waals surface area contributed by atoms with Crippen molar-refractivity contribution in [2.75, 3.05) is 0 Å². The lowest BCUT2D eigenvalue weighted by molar-refractivity contribution is -0.138. The first-order valence-electron chi connectivity index (χ1n) is 3.50. The van der Waals surface area contributed by atoms with Crippen LogP contribution in [0.4, 0.5) is 0 Å². The first-order chi connectivity index (χ1) is 5.59. The van der Waals surface area contributed by atoms with E-state index in [4.69, 9.17) is 15.4 Å². The van der Waals surface area contributed by atoms with Crippen molar-refractivity contribution in [2.24, 2.45) is 5.73 Å². The highest BCUT2D eigenvalue weighted by Gasteiger charge is 2.14. The third-order valence-electron chi connectivity index (χ3n) is 1.42. The molecule has 0 spiro atoms. The predicted octanol–water partition coefficient (Wildman–Crippen LogP) is -0.0626. The number of rotatable bonds is 3. The standard InChI is InChI=1S/C7H10N2O3/c1-4-2-5(12-9-4)3-6(8)7(10)11/h2,6H,3,8H2,1H3,(H,10,11)/t6-/m1/s1. The van der Waals surface area contributed by atoms with Gasteiger partial charge in [0.15, 0.2) is 0 Å². The molecule has 3 N–H and O–H groups in total. The number of nitrogens with two attached hydrogens (primary N) is 1. The maximum absolute atomic E-state index is 10.3. The molecule has 1 aromatic rings. The normalized spacial score (nSPS) is 12.8. The molecular formula is C7H10N2O3. The smallest absolute Gasteiger partial charge is 0.320 e. The molecule has 0 aliphatic heterocycles. The van der Waals surface area contributed by atoms with Gasteiger partial charge in [0.2, 0.25) is 0 Å². The molecule has 0 radical (unpaired) electrons. The summed E-state index contributed by atoms with van der Waals surface area (Å²) < 4.78 is 4.79. The van der Waals surface area contributed by atoms with Crippen LogP contribution in [0.1, 0.15) is 11.5 Å². The number of aryl methyl sites for hydroxylation is 1. The quantitative estimate of drug-likeness (QED) is 0.663. The minimum Gasteiger partial charge on any atom is -0.480 e. The van der Waals surface area contributed by atoms with E-state index in [1.807, 2.05) is 0 Å². The van der Waals surface area contributed by atoms with Gasteiger partial charge < -0.3 is 15.4 Å². The van der Waals surface area contributed by atoms with E-state index in [0.717, 1.165) is 5.69 Å². The van der Waals surface area contributed by atoms with E-state index in [1.165, 1.54) is 0 Å². The van der Waals surface area contributed by atoms with Gasteiger partial charge in [-0.1, -0.05) is 5.16 Å². The van der Waals surface area contributed by atoms with E-state index in [1.54, 1.807) is 13.0 Å². The van der Waals surface area contributed by atoms with Gasteiger partial charge in [-0.2, -0.15) is 0 Å². The van der Waals surface area contributed by atoms with Gasteiger partial charge in [0.1, 0.15) is 11.8 Å². The van der Waals surface area contributed by atoms with Crippen LogP contribution in [0, 0.1) is 6.92 Å². The van der Waals surface area contributed by atoms with Crippen molar-refractivity contribution in [3.63, 3.8) is 0 Å². The summed E-state index contributed by atoms with van der Waals surface area (Å²) in [7, 11) is 0. The van der Waals surface area contributed by atoms with Crippen LogP contribution >= 0.6 is 0 Å². The van der Waals surface area contributed by atoms with Crippen molar-refractivity contribution in [2.45, 2.75) is 19.4 Å². The summed E-state index contributed by atoms with van der Waals surface area (Å²) in [6.07, 6.45) is 0.177. The monoisotopic (exact) mass is 170 g/mol. The Labute approximate surface area is 69.2 Å². The minimum atomic E-state index is -1.04. The van der Waals surface area contributed by atoms with E-state index in [2.05, 4.69) is 5.16 Å². The summed E-state index contributed by atoms with van der Waals surface area (Å²) in [6, 6.07) is 0.750. The summed E-state index contributed by atoms with van der Waals surface area (Å²) in [5, 5.41) is 12.1. The van der Waals surface area contributed by atoms with Crippen LogP contribution in [0.25, 0.3) is 0 Å². The Morgan fingerprint density at radius 1 is 1.92 bits per heavy atom. The number of nitrogens with zero attached hydrogens (tertiary/aromatic N) is 1. The maximum atomic E-state index is 10.3. The van der Waals surface area contributed by atoms with Crippen LogP contribution in [0.3, 0.4) is 0 Å². The molecule has 0 saturated carbocycles. The van der Waals surface area contributed by atoms with Gasteiger partial charge in [-0.05, 0) is 6.92 Å². The molecule has 0 fully saturated rings. The van der Waals surface area contributed by atoms with Gasteiger partial charge in [0.05, 0.1) is 5.69 Å². The lowest BCUT2D eigenvalue weighted by Crippen LogP contribution is -2.32. The molecule has 12 heavy (non-hydrogen) atoms. The summed E-state index contributed by atoms with van der Waals surface area (Å²) in [5.41, 5.74) is 6.00. The molecule has 1 aromatic heterocycles. The van der Waals surface area contributed by atoms with Gasteiger partial charge in [-0.15, -0.1) is 0 Å². The zero-order valence-electron chi connectivity index (χ0n) is 6.65. The average Bonchev–Trinajstić information content (AvgIpc) is 2.35. The number of hydrogen-bond donors (Lipinski definition) is 2. The van der Waals surface area contributed by atoms with Gasteiger partial charge in [-0.3, -0.25) is 4.79 Å². The highest BCUT2D eigenvalue weighted by atomic mass is 16.5. The fraction of sp³-hybridized carbons (Fsp3) is 0.429. The summed E-state index contributed by atoms with van der Waals surface area (Å²) in [5.74, 6) is -0.536. The third-order valence-corrected chi connectivity index (χ3v) is 1.42. The summed E-state index contributed by atoms with van der Waals surface area (Å²) >= 11 is 0. The minimum absolute atomic E-state index is 0.177. The van der Waals surface area contributed by atoms with Crippen molar-refractivity contribution in [1.29, 1.82) is 0 Å². The van der Waals surface area contributed by atoms with Crippen molar-refractivity contribution in [3.8, 4) is 0 Å². The Balaban J connectivity index is 2.58. The molecule has 1 atom stereocenters. The molecule has 0 saturated heterocycles. The van der Waals surface area contributed by atoms with Crippen LogP contribution in [0.15, 0.2) is 10.6 Å². The van der Waals surface area contributed by atoms with Crippen molar-refractivity contribution < 1.29 is 14.4 Å². The zero-order valence-corrected chi connectivity index (χ0v) is 6.65. The molecule has 0 aromatic carbocycles. The van der Waals surface area contributed by atoms with Crippen LogP contribution < -0.4 is 5.73 Å². The lowest BCUT2D eigenvalue weighted by atomic mass is 10.2. The largest absolute Gasteiger partial charge is 0.480 e. The van der Waals surface area contributed by atoms with Gasteiger partial charge >= 0.3 is 5.97 Å². The predicted molar refractivity (Wildman–Crippen MR) is 40.6 cm³/mol. The van der Waals surface area contributed by atoms with Crippen LogP contribution in [0.5, 0.6) is 0 Å². The number of carboxylic acid groups (broad SMARTS) is 1. The summed E-state index contributed by atoms with van der Waals surface area (Å²) in [4.78, 5) is 10.3. The van der Waals surface area contributed by atoms with E-state index in [0.29, 0.717) is 5.76 Å². The second kappa shape index (κ2) is 3.36. The van der Waals surface area contributed by atoms with Gasteiger partial charge in [0.25, 0.3) is 0 Å². The molecule has 0 aliphatic carbocycles. The Kier molecular flexibility index (Phi) is 2.44. The number of aromatic nitrogens is 1. The number of hydrogen-bond acceptors (Lipinski definition) is 4. The van der Waals surface area contributed by atoms with Crippen LogP contribution in [0.2, 0.25) is 0 Å². The first kappa shape index (κ1) is 8.73. The van der Waals surface area contributed by atoms with Crippen molar-refractivity contribution >= 4 is 5.97 Å². The molecule has 1 rings (SSSR count). The Morgan fingerprint density at radius 2 is 2.58 bits per heavy atom. The molecule has 0 aliphatic rings. The lowest BCUT2D eigenvalue weighted by Gasteiger charge is -2.00. The zero-order chi connectivity index (χ0) is 9.14. The van der Waals surface area contributed by atoms with Gasteiger partial charge in [0, 0.05) is 12.5 Å². The molecular weight excluding hydrogens is 160 g/mol. The number of carbonyl (C=O) groups is 1. The van der Waals surface area contributed by atoms with Crippen LogP contribution in [-0.2, 0) is 11.2 Å². The average molecular weight is 170 g/mol. The topological polar surface area (TPSA) is 89.4 Å². The summed E-state index contributed by atoms with van der Waals surface area (Å²) in [6.45, 7) is 1.76. The van der Waals surface area contributed by atoms with E-state index < -0.39 is 12.0 Å². The fourth-order valence-electron chi connectivity index (χ4n) is 0.817. The highest BCUT2D eigenvalue weighted by molar-refractivity contribution is 5.73. The number of aliphatic carboxylic acids is 1. The SMILES string of the molecule is Cc1cc(C[C@@H](N)C(=O)O)on1. The molecule has 5 nitrogen and oxygen atoms in total. The molecule has 1 heterocycles. The Bertz CT molecular complexity index is 282. The molecule has 5 heteroatoms. The van der Waals surface area contributed by atoms with E-state index in [9.17, 15) is 4.79 Å². The fourth-order valence-corrected chi connectivity index (χ4v) is 0.817. The van der Waals surface area contributed by atoms with E-state index in [-0.39, 0.29) is 6.42 Å². The first-order valence-corrected chi connectivity index (χ1v) is 3.50. The highest BCUT2D eigenvalue weighted by Crippen LogP contribution is 2.04. The Hall–Kier alpha value is -1.36. The second-order valence-corrected chi connectivity index (χ2v) is 2.58. The number of carboxylic acids is 1. The second-order valence-electron chi connectivity index (χ2n) is 2.58. The molecule has 0 amide bonds. The Morgan fingerprint density at radius 3 is 3.00 bits per heavy atom. The van der Waals surface area contributed by atoms with Crippen LogP contribution in [-0.4, -0.2) is 22.3 Å². The molecule has 0 bridgehead atoms. The van der Waals surface area contributed by atoms with Crippen molar-refractivity contribution in [3.05, 3.63) is 17.5 Å². The van der Waals surface area contributed by atoms with E-state index >= 15 is 0 Å². The van der Waals surface area contributed by atoms with Gasteiger partial charge in [-0.25, -0.2) is 0 Å². The molecule has 0 unspecified atom stereocenters.